The molecule has 0 radical (unpaired) electrons. The first-order valence-electron chi connectivity index (χ1n) is 8.86. The third-order valence-electron chi connectivity index (χ3n) is 5.42. The Labute approximate surface area is 143 Å². The SMILES string of the molecule is O=C(N[C@@H]1C[C@H]2CC[C@H]1C2)c1ccccc1OCc1ccccc1. The van der Waals surface area contributed by atoms with Crippen LogP contribution in [0.1, 0.15) is 41.6 Å². The van der Waals surface area contributed by atoms with Crippen LogP contribution < -0.4 is 10.1 Å². The third kappa shape index (κ3) is 3.16. The quantitative estimate of drug-likeness (QED) is 0.897. The molecule has 4 rings (SSSR count). The summed E-state index contributed by atoms with van der Waals surface area (Å²) in [6, 6.07) is 17.9. The van der Waals surface area contributed by atoms with Gasteiger partial charge in [-0.3, -0.25) is 4.79 Å². The van der Waals surface area contributed by atoms with E-state index in [2.05, 4.69) is 5.32 Å². The molecule has 2 bridgehead atoms. The van der Waals surface area contributed by atoms with Crippen molar-refractivity contribution < 1.29 is 9.53 Å². The van der Waals surface area contributed by atoms with Gasteiger partial charge in [0.1, 0.15) is 12.4 Å². The summed E-state index contributed by atoms with van der Waals surface area (Å²) in [5.74, 6) is 2.15. The van der Waals surface area contributed by atoms with Crippen LogP contribution in [0.4, 0.5) is 0 Å². The molecule has 3 atom stereocenters. The Bertz CT molecular complexity index is 713. The molecule has 0 saturated heterocycles. The van der Waals surface area contributed by atoms with Crippen LogP contribution in [0.3, 0.4) is 0 Å². The van der Waals surface area contributed by atoms with Gasteiger partial charge in [0.2, 0.25) is 0 Å². The summed E-state index contributed by atoms with van der Waals surface area (Å²) in [6.45, 7) is 0.471. The Kier molecular flexibility index (Phi) is 4.24. The highest BCUT2D eigenvalue weighted by Crippen LogP contribution is 2.44. The minimum Gasteiger partial charge on any atom is -0.488 e. The predicted molar refractivity (Wildman–Crippen MR) is 93.9 cm³/mol. The van der Waals surface area contributed by atoms with Crippen molar-refractivity contribution in [3.8, 4) is 5.75 Å². The minimum absolute atomic E-state index is 0.00351. The van der Waals surface area contributed by atoms with Crippen molar-refractivity contribution in [2.75, 3.05) is 0 Å². The van der Waals surface area contributed by atoms with Crippen LogP contribution in [0.5, 0.6) is 5.75 Å². The average Bonchev–Trinajstić information content (AvgIpc) is 3.24. The van der Waals surface area contributed by atoms with Crippen LogP contribution in [0, 0.1) is 11.8 Å². The number of carbonyl (C=O) groups is 1. The largest absolute Gasteiger partial charge is 0.488 e. The number of carbonyl (C=O) groups excluding carboxylic acids is 1. The number of fused-ring (bicyclic) bond motifs is 2. The zero-order valence-corrected chi connectivity index (χ0v) is 13.8. The van der Waals surface area contributed by atoms with Gasteiger partial charge in [0, 0.05) is 6.04 Å². The summed E-state index contributed by atoms with van der Waals surface area (Å²) in [4.78, 5) is 12.7. The number of ether oxygens (including phenoxy) is 1. The first-order valence-corrected chi connectivity index (χ1v) is 8.86. The van der Waals surface area contributed by atoms with Crippen LogP contribution in [0.15, 0.2) is 54.6 Å². The maximum absolute atomic E-state index is 12.7. The topological polar surface area (TPSA) is 38.3 Å². The molecule has 0 spiro atoms. The van der Waals surface area contributed by atoms with Crippen molar-refractivity contribution in [2.45, 2.75) is 38.3 Å². The molecule has 24 heavy (non-hydrogen) atoms. The first-order chi connectivity index (χ1) is 11.8. The molecule has 1 N–H and O–H groups in total. The van der Waals surface area contributed by atoms with E-state index in [0.29, 0.717) is 29.9 Å². The van der Waals surface area contributed by atoms with Gasteiger partial charge in [-0.1, -0.05) is 48.9 Å². The summed E-state index contributed by atoms with van der Waals surface area (Å²) in [7, 11) is 0. The summed E-state index contributed by atoms with van der Waals surface area (Å²) >= 11 is 0. The highest BCUT2D eigenvalue weighted by Gasteiger charge is 2.40. The molecule has 0 aromatic heterocycles. The monoisotopic (exact) mass is 321 g/mol. The Morgan fingerprint density at radius 2 is 1.79 bits per heavy atom. The maximum Gasteiger partial charge on any atom is 0.255 e. The lowest BCUT2D eigenvalue weighted by Gasteiger charge is -2.23. The smallest absolute Gasteiger partial charge is 0.255 e. The summed E-state index contributed by atoms with van der Waals surface area (Å²) in [6.07, 6.45) is 5.04. The van der Waals surface area contributed by atoms with Gasteiger partial charge in [0.25, 0.3) is 5.91 Å². The fraction of sp³-hybridized carbons (Fsp3) is 0.381. The zero-order valence-electron chi connectivity index (χ0n) is 13.8. The molecule has 2 aliphatic carbocycles. The van der Waals surface area contributed by atoms with Crippen molar-refractivity contribution in [1.29, 1.82) is 0 Å². The fourth-order valence-electron chi connectivity index (χ4n) is 4.18. The van der Waals surface area contributed by atoms with E-state index < -0.39 is 0 Å². The summed E-state index contributed by atoms with van der Waals surface area (Å²) < 4.78 is 5.91. The van der Waals surface area contributed by atoms with Crippen LogP contribution in [0.25, 0.3) is 0 Å². The Hall–Kier alpha value is -2.29. The van der Waals surface area contributed by atoms with Crippen molar-refractivity contribution in [1.82, 2.24) is 5.32 Å². The van der Waals surface area contributed by atoms with E-state index in [9.17, 15) is 4.79 Å². The van der Waals surface area contributed by atoms with Gasteiger partial charge in [-0.25, -0.2) is 0 Å². The number of benzene rings is 2. The fourth-order valence-corrected chi connectivity index (χ4v) is 4.18. The molecule has 124 valence electrons. The molecule has 3 heteroatoms. The molecular formula is C21H23NO2. The normalized spacial score (nSPS) is 24.8. The number of para-hydroxylation sites is 1. The standard InChI is InChI=1S/C21H23NO2/c23-21(22-19-13-16-10-11-17(19)12-16)18-8-4-5-9-20(18)24-14-15-6-2-1-3-7-15/h1-9,16-17,19H,10-14H2,(H,22,23)/t16-,17-,19+/m0/s1. The lowest BCUT2D eigenvalue weighted by Crippen LogP contribution is -2.38. The third-order valence-corrected chi connectivity index (χ3v) is 5.42. The van der Waals surface area contributed by atoms with E-state index in [1.54, 1.807) is 0 Å². The molecule has 2 saturated carbocycles. The second kappa shape index (κ2) is 6.68. The molecule has 3 nitrogen and oxygen atoms in total. The van der Waals surface area contributed by atoms with Crippen LogP contribution in [-0.4, -0.2) is 11.9 Å². The van der Waals surface area contributed by atoms with Gasteiger partial charge in [-0.2, -0.15) is 0 Å². The van der Waals surface area contributed by atoms with Crippen molar-refractivity contribution in [2.24, 2.45) is 11.8 Å². The number of nitrogens with one attached hydrogen (secondary N) is 1. The highest BCUT2D eigenvalue weighted by atomic mass is 16.5. The minimum atomic E-state index is -0.00351. The molecule has 2 aromatic rings. The molecule has 2 aliphatic rings. The van der Waals surface area contributed by atoms with Gasteiger partial charge in [0.15, 0.2) is 0 Å². The van der Waals surface area contributed by atoms with Crippen LogP contribution in [0.2, 0.25) is 0 Å². The van der Waals surface area contributed by atoms with Gasteiger partial charge in [-0.15, -0.1) is 0 Å². The predicted octanol–water partition coefficient (Wildman–Crippen LogP) is 4.18. The van der Waals surface area contributed by atoms with Gasteiger partial charge < -0.3 is 10.1 Å². The molecule has 0 heterocycles. The summed E-state index contributed by atoms with van der Waals surface area (Å²) in [5.41, 5.74) is 1.73. The van der Waals surface area contributed by atoms with Crippen LogP contribution in [-0.2, 0) is 6.61 Å². The van der Waals surface area contributed by atoms with Gasteiger partial charge >= 0.3 is 0 Å². The van der Waals surface area contributed by atoms with E-state index in [-0.39, 0.29) is 5.91 Å². The molecule has 0 aliphatic heterocycles. The van der Waals surface area contributed by atoms with E-state index in [1.807, 2.05) is 54.6 Å². The van der Waals surface area contributed by atoms with E-state index in [4.69, 9.17) is 4.74 Å². The van der Waals surface area contributed by atoms with E-state index in [0.717, 1.165) is 17.9 Å². The molecule has 2 fully saturated rings. The number of hydrogen-bond donors (Lipinski definition) is 1. The van der Waals surface area contributed by atoms with Crippen molar-refractivity contribution >= 4 is 5.91 Å². The molecule has 1 amide bonds. The second-order valence-corrected chi connectivity index (χ2v) is 7.03. The van der Waals surface area contributed by atoms with Gasteiger partial charge in [0.05, 0.1) is 5.56 Å². The first kappa shape index (κ1) is 15.3. The molecule has 0 unspecified atom stereocenters. The van der Waals surface area contributed by atoms with E-state index in [1.165, 1.54) is 19.3 Å². The van der Waals surface area contributed by atoms with Crippen molar-refractivity contribution in [3.63, 3.8) is 0 Å². The number of hydrogen-bond acceptors (Lipinski definition) is 2. The summed E-state index contributed by atoms with van der Waals surface area (Å²) in [5, 5.41) is 3.25. The Morgan fingerprint density at radius 3 is 2.54 bits per heavy atom. The Balaban J connectivity index is 1.44. The van der Waals surface area contributed by atoms with Crippen molar-refractivity contribution in [3.05, 3.63) is 65.7 Å². The molecular weight excluding hydrogens is 298 g/mol. The Morgan fingerprint density at radius 1 is 1.00 bits per heavy atom. The maximum atomic E-state index is 12.7. The van der Waals surface area contributed by atoms with Gasteiger partial charge in [-0.05, 0) is 48.8 Å². The highest BCUT2D eigenvalue weighted by molar-refractivity contribution is 5.97. The zero-order chi connectivity index (χ0) is 16.4. The number of amides is 1. The average molecular weight is 321 g/mol. The van der Waals surface area contributed by atoms with Crippen LogP contribution >= 0.6 is 0 Å². The van der Waals surface area contributed by atoms with E-state index >= 15 is 0 Å². The second-order valence-electron chi connectivity index (χ2n) is 7.03. The number of rotatable bonds is 5. The lowest BCUT2D eigenvalue weighted by molar-refractivity contribution is 0.0918. The molecule has 2 aromatic carbocycles. The lowest BCUT2D eigenvalue weighted by atomic mass is 9.95.